The third kappa shape index (κ3) is 7.17. The number of rotatable bonds is 15. The highest BCUT2D eigenvalue weighted by Gasteiger charge is 2.21. The average Bonchev–Trinajstić information content (AvgIpc) is 3.42. The zero-order valence-corrected chi connectivity index (χ0v) is 21.5. The predicted molar refractivity (Wildman–Crippen MR) is 139 cm³/mol. The van der Waals surface area contributed by atoms with Crippen molar-refractivity contribution in [3.05, 3.63) is 42.4 Å². The molecule has 2 aromatic heterocycles. The molecule has 0 bridgehead atoms. The average molecular weight is 469 g/mol. The van der Waals surface area contributed by atoms with Crippen molar-refractivity contribution in [2.45, 2.75) is 104 Å². The molecule has 0 saturated heterocycles. The summed E-state index contributed by atoms with van der Waals surface area (Å²) in [5.74, 6) is 1.02. The molecule has 0 spiro atoms. The molecule has 0 fully saturated rings. The summed E-state index contributed by atoms with van der Waals surface area (Å²) < 4.78 is 7.86. The van der Waals surface area contributed by atoms with E-state index >= 15 is 0 Å². The first-order valence-electron chi connectivity index (χ1n) is 12.9. The Kier molecular flexibility index (Phi) is 10.5. The first kappa shape index (κ1) is 25.5. The Hall–Kier alpha value is -2.14. The number of fused-ring (bicyclic) bond motifs is 1. The summed E-state index contributed by atoms with van der Waals surface area (Å²) in [5.41, 5.74) is 2.55. The number of carbonyl (C=O) groups is 1. The first-order chi connectivity index (χ1) is 16.2. The molecule has 0 aliphatic heterocycles. The lowest BCUT2D eigenvalue weighted by Crippen LogP contribution is -2.07. The highest BCUT2D eigenvalue weighted by molar-refractivity contribution is 7.20. The van der Waals surface area contributed by atoms with E-state index in [1.165, 1.54) is 67.5 Å². The van der Waals surface area contributed by atoms with Crippen molar-refractivity contribution in [3.63, 3.8) is 0 Å². The first-order valence-corrected chi connectivity index (χ1v) is 13.8. The normalized spacial score (nSPS) is 12.3. The summed E-state index contributed by atoms with van der Waals surface area (Å²) in [4.78, 5) is 19.1. The molecule has 3 rings (SSSR count). The van der Waals surface area contributed by atoms with Gasteiger partial charge in [0.25, 0.3) is 0 Å². The molecule has 2 heterocycles. The Bertz CT molecular complexity index is 974. The number of imidazole rings is 1. The Morgan fingerprint density at radius 3 is 2.39 bits per heavy atom. The summed E-state index contributed by atoms with van der Waals surface area (Å²) in [6.07, 6.45) is 17.6. The number of hydrogen-bond acceptors (Lipinski definition) is 4. The second-order valence-corrected chi connectivity index (χ2v) is 9.99. The van der Waals surface area contributed by atoms with E-state index in [4.69, 9.17) is 4.74 Å². The number of hydrogen-bond donors (Lipinski definition) is 0. The Labute approximate surface area is 203 Å². The van der Waals surface area contributed by atoms with Crippen molar-refractivity contribution in [2.75, 3.05) is 0 Å². The number of aromatic nitrogens is 2. The van der Waals surface area contributed by atoms with Crippen molar-refractivity contribution in [1.29, 1.82) is 0 Å². The largest absolute Gasteiger partial charge is 0.427 e. The van der Waals surface area contributed by atoms with Crippen molar-refractivity contribution in [1.82, 2.24) is 9.38 Å². The van der Waals surface area contributed by atoms with E-state index in [1.807, 2.05) is 18.3 Å². The standard InChI is InChI=1S/C28H40N2O2S/c1-4-7-9-10-11-13-15-25(31)32-24-18-16-23(17-19-24)27-26(22(6-3)14-12-8-5-2)30-21-20-29-28(30)33-27/h16-22H,4-15H2,1-3H3. The number of esters is 1. The lowest BCUT2D eigenvalue weighted by molar-refractivity contribution is -0.134. The van der Waals surface area contributed by atoms with E-state index in [1.54, 1.807) is 11.3 Å². The molecule has 4 nitrogen and oxygen atoms in total. The molecule has 1 atom stereocenters. The van der Waals surface area contributed by atoms with Gasteiger partial charge in [-0.15, -0.1) is 0 Å². The molecule has 33 heavy (non-hydrogen) atoms. The van der Waals surface area contributed by atoms with Gasteiger partial charge in [-0.3, -0.25) is 9.20 Å². The van der Waals surface area contributed by atoms with Crippen LogP contribution in [0.5, 0.6) is 5.75 Å². The van der Waals surface area contributed by atoms with Crippen molar-refractivity contribution in [3.8, 4) is 16.2 Å². The topological polar surface area (TPSA) is 43.6 Å². The molecule has 0 aliphatic carbocycles. The maximum absolute atomic E-state index is 12.2. The molecule has 3 aromatic rings. The summed E-state index contributed by atoms with van der Waals surface area (Å²) in [7, 11) is 0. The summed E-state index contributed by atoms with van der Waals surface area (Å²) >= 11 is 1.75. The van der Waals surface area contributed by atoms with Crippen LogP contribution in [-0.4, -0.2) is 15.4 Å². The third-order valence-electron chi connectivity index (χ3n) is 6.41. The molecule has 1 unspecified atom stereocenters. The van der Waals surface area contributed by atoms with Crippen molar-refractivity contribution < 1.29 is 9.53 Å². The van der Waals surface area contributed by atoms with E-state index in [-0.39, 0.29) is 5.97 Å². The lowest BCUT2D eigenvalue weighted by Gasteiger charge is -2.17. The number of ether oxygens (including phenoxy) is 1. The maximum atomic E-state index is 12.2. The van der Waals surface area contributed by atoms with Crippen LogP contribution in [0.1, 0.15) is 109 Å². The van der Waals surface area contributed by atoms with E-state index in [0.29, 0.717) is 18.1 Å². The molecule has 0 amide bonds. The van der Waals surface area contributed by atoms with Gasteiger partial charge in [-0.1, -0.05) is 83.5 Å². The van der Waals surface area contributed by atoms with Crippen LogP contribution in [0, 0.1) is 0 Å². The van der Waals surface area contributed by atoms with Crippen molar-refractivity contribution >= 4 is 22.3 Å². The fraction of sp³-hybridized carbons (Fsp3) is 0.571. The number of thiazole rings is 1. The third-order valence-corrected chi connectivity index (χ3v) is 7.54. The number of benzene rings is 1. The van der Waals surface area contributed by atoms with Gasteiger partial charge < -0.3 is 4.74 Å². The lowest BCUT2D eigenvalue weighted by atomic mass is 9.93. The molecule has 0 saturated carbocycles. The fourth-order valence-electron chi connectivity index (χ4n) is 4.47. The molecule has 0 radical (unpaired) electrons. The molecular weight excluding hydrogens is 428 g/mol. The van der Waals surface area contributed by atoms with Crippen LogP contribution in [0.15, 0.2) is 36.7 Å². The highest BCUT2D eigenvalue weighted by atomic mass is 32.1. The number of nitrogens with zero attached hydrogens (tertiary/aromatic N) is 2. The van der Waals surface area contributed by atoms with Gasteiger partial charge in [0, 0.05) is 30.4 Å². The Morgan fingerprint density at radius 2 is 1.67 bits per heavy atom. The van der Waals surface area contributed by atoms with Crippen LogP contribution >= 0.6 is 11.3 Å². The molecular formula is C28H40N2O2S. The quantitative estimate of drug-likeness (QED) is 0.127. The van der Waals surface area contributed by atoms with Crippen LogP contribution in [0.4, 0.5) is 0 Å². The number of carbonyl (C=O) groups excluding carboxylic acids is 1. The summed E-state index contributed by atoms with van der Waals surface area (Å²) in [6.45, 7) is 6.76. The smallest absolute Gasteiger partial charge is 0.311 e. The maximum Gasteiger partial charge on any atom is 0.311 e. The van der Waals surface area contributed by atoms with Crippen LogP contribution in [-0.2, 0) is 4.79 Å². The second-order valence-electron chi connectivity index (χ2n) is 9.01. The second kappa shape index (κ2) is 13.5. The van der Waals surface area contributed by atoms with Crippen LogP contribution in [0.2, 0.25) is 0 Å². The minimum Gasteiger partial charge on any atom is -0.427 e. The van der Waals surface area contributed by atoms with Crippen LogP contribution in [0.3, 0.4) is 0 Å². The summed E-state index contributed by atoms with van der Waals surface area (Å²) in [5, 5.41) is 0. The van der Waals surface area contributed by atoms with Gasteiger partial charge in [-0.05, 0) is 49.1 Å². The van der Waals surface area contributed by atoms with Crippen LogP contribution < -0.4 is 4.74 Å². The fourth-order valence-corrected chi connectivity index (χ4v) is 5.65. The van der Waals surface area contributed by atoms with Gasteiger partial charge in [0.2, 0.25) is 0 Å². The molecule has 0 aliphatic rings. The van der Waals surface area contributed by atoms with Crippen LogP contribution in [0.25, 0.3) is 15.4 Å². The monoisotopic (exact) mass is 468 g/mol. The zero-order chi connectivity index (χ0) is 23.5. The molecule has 5 heteroatoms. The van der Waals surface area contributed by atoms with E-state index in [9.17, 15) is 4.79 Å². The van der Waals surface area contributed by atoms with Gasteiger partial charge in [0.15, 0.2) is 4.96 Å². The molecule has 1 aromatic carbocycles. The summed E-state index contributed by atoms with van der Waals surface area (Å²) in [6, 6.07) is 8.03. The van der Waals surface area contributed by atoms with Gasteiger partial charge in [0.1, 0.15) is 5.75 Å². The number of unbranched alkanes of at least 4 members (excludes halogenated alkanes) is 7. The van der Waals surface area contributed by atoms with E-state index < -0.39 is 0 Å². The SMILES string of the molecule is CCCCCCCCC(=O)Oc1ccc(-c2sc3nccn3c2C(CC)CCCCC)cc1. The molecule has 0 N–H and O–H groups in total. The molecule has 180 valence electrons. The highest BCUT2D eigenvalue weighted by Crippen LogP contribution is 2.40. The Balaban J connectivity index is 1.66. The van der Waals surface area contributed by atoms with Crippen molar-refractivity contribution in [2.24, 2.45) is 0 Å². The van der Waals surface area contributed by atoms with Gasteiger partial charge in [-0.2, -0.15) is 0 Å². The van der Waals surface area contributed by atoms with Gasteiger partial charge in [0.05, 0.1) is 4.88 Å². The minimum atomic E-state index is -0.129. The van der Waals surface area contributed by atoms with Gasteiger partial charge in [-0.25, -0.2) is 4.98 Å². The van der Waals surface area contributed by atoms with E-state index in [0.717, 1.165) is 24.2 Å². The zero-order valence-electron chi connectivity index (χ0n) is 20.6. The van der Waals surface area contributed by atoms with E-state index in [2.05, 4.69) is 48.5 Å². The predicted octanol–water partition coefficient (Wildman–Crippen LogP) is 8.79. The van der Waals surface area contributed by atoms with Gasteiger partial charge >= 0.3 is 5.97 Å². The Morgan fingerprint density at radius 1 is 0.970 bits per heavy atom. The minimum absolute atomic E-state index is 0.129.